The van der Waals surface area contributed by atoms with Crippen LogP contribution in [0.5, 0.6) is 0 Å². The standard InChI is InChI=1S/C20H23N5O4/c1-28-18(26)15-4-5-16(22-12-15)21-11-14-6-8-20(9-7-14)13-25(19(27)29-20)17-3-2-10-23-24-17/h2-5,10,12,14H,6-9,11,13H2,1H3,(H,21,22). The topological polar surface area (TPSA) is 107 Å². The summed E-state index contributed by atoms with van der Waals surface area (Å²) in [6, 6.07) is 6.99. The maximum Gasteiger partial charge on any atom is 0.416 e. The molecule has 0 bridgehead atoms. The van der Waals surface area contributed by atoms with E-state index in [-0.39, 0.29) is 6.09 Å². The number of anilines is 2. The Morgan fingerprint density at radius 3 is 2.83 bits per heavy atom. The molecule has 0 aromatic carbocycles. The van der Waals surface area contributed by atoms with Gasteiger partial charge in [-0.25, -0.2) is 14.6 Å². The van der Waals surface area contributed by atoms with E-state index in [4.69, 9.17) is 4.74 Å². The van der Waals surface area contributed by atoms with E-state index in [9.17, 15) is 9.59 Å². The van der Waals surface area contributed by atoms with Gasteiger partial charge in [0.2, 0.25) is 0 Å². The van der Waals surface area contributed by atoms with Crippen molar-refractivity contribution in [2.45, 2.75) is 31.3 Å². The minimum Gasteiger partial charge on any atom is -0.465 e. The molecule has 0 unspecified atom stereocenters. The van der Waals surface area contributed by atoms with Gasteiger partial charge in [0.05, 0.1) is 19.2 Å². The summed E-state index contributed by atoms with van der Waals surface area (Å²) in [6.07, 6.45) is 6.27. The molecule has 2 aromatic heterocycles. The Balaban J connectivity index is 1.29. The van der Waals surface area contributed by atoms with Crippen LogP contribution in [0.4, 0.5) is 16.4 Å². The Labute approximate surface area is 168 Å². The molecule has 2 aliphatic rings. The molecule has 9 nitrogen and oxygen atoms in total. The van der Waals surface area contributed by atoms with Crippen LogP contribution >= 0.6 is 0 Å². The number of hydrogen-bond acceptors (Lipinski definition) is 8. The fourth-order valence-electron chi connectivity index (χ4n) is 3.89. The first-order chi connectivity index (χ1) is 14.1. The molecule has 0 radical (unpaired) electrons. The van der Waals surface area contributed by atoms with Crippen molar-refractivity contribution < 1.29 is 19.1 Å². The van der Waals surface area contributed by atoms with Crippen LogP contribution in [0.2, 0.25) is 0 Å². The van der Waals surface area contributed by atoms with Crippen molar-refractivity contribution in [3.05, 3.63) is 42.2 Å². The summed E-state index contributed by atoms with van der Waals surface area (Å²) in [7, 11) is 1.35. The number of carbonyl (C=O) groups excluding carboxylic acids is 2. The molecular formula is C20H23N5O4. The largest absolute Gasteiger partial charge is 0.465 e. The Morgan fingerprint density at radius 2 is 2.17 bits per heavy atom. The van der Waals surface area contributed by atoms with E-state index in [0.29, 0.717) is 23.8 Å². The molecule has 4 rings (SSSR count). The fraction of sp³-hybridized carbons (Fsp3) is 0.450. The third-order valence-corrected chi connectivity index (χ3v) is 5.58. The number of amides is 1. The minimum absolute atomic E-state index is 0.350. The number of aromatic nitrogens is 3. The molecule has 1 aliphatic heterocycles. The molecular weight excluding hydrogens is 374 g/mol. The van der Waals surface area contributed by atoms with Crippen molar-refractivity contribution in [2.75, 3.05) is 30.4 Å². The SMILES string of the molecule is COC(=O)c1ccc(NCC2CCC3(CC2)CN(c2cccnn2)C(=O)O3)nc1. The van der Waals surface area contributed by atoms with E-state index >= 15 is 0 Å². The van der Waals surface area contributed by atoms with Gasteiger partial charge in [-0.05, 0) is 55.9 Å². The second kappa shape index (κ2) is 8.02. The van der Waals surface area contributed by atoms with E-state index in [2.05, 4.69) is 25.2 Å². The van der Waals surface area contributed by atoms with Crippen LogP contribution in [-0.2, 0) is 9.47 Å². The second-order valence-electron chi connectivity index (χ2n) is 7.47. The van der Waals surface area contributed by atoms with Crippen LogP contribution in [0, 0.1) is 5.92 Å². The average Bonchev–Trinajstić information content (AvgIpc) is 3.09. The summed E-state index contributed by atoms with van der Waals surface area (Å²) in [6.45, 7) is 1.30. The molecule has 152 valence electrons. The van der Waals surface area contributed by atoms with Crippen molar-refractivity contribution in [3.63, 3.8) is 0 Å². The van der Waals surface area contributed by atoms with Crippen molar-refractivity contribution in [1.29, 1.82) is 0 Å². The number of pyridine rings is 1. The third-order valence-electron chi connectivity index (χ3n) is 5.58. The summed E-state index contributed by atoms with van der Waals surface area (Å²) < 4.78 is 10.4. The number of hydrogen-bond donors (Lipinski definition) is 1. The highest BCUT2D eigenvalue weighted by atomic mass is 16.6. The van der Waals surface area contributed by atoms with E-state index in [0.717, 1.165) is 38.0 Å². The summed E-state index contributed by atoms with van der Waals surface area (Å²) in [5.74, 6) is 1.31. The summed E-state index contributed by atoms with van der Waals surface area (Å²) in [4.78, 5) is 29.6. The third kappa shape index (κ3) is 4.13. The monoisotopic (exact) mass is 397 g/mol. The zero-order valence-electron chi connectivity index (χ0n) is 16.2. The maximum absolute atomic E-state index is 12.3. The van der Waals surface area contributed by atoms with Crippen molar-refractivity contribution >= 4 is 23.7 Å². The molecule has 29 heavy (non-hydrogen) atoms. The highest BCUT2D eigenvalue weighted by Crippen LogP contribution is 2.40. The van der Waals surface area contributed by atoms with E-state index < -0.39 is 11.6 Å². The number of rotatable bonds is 5. The summed E-state index contributed by atoms with van der Waals surface area (Å²) in [5, 5.41) is 11.2. The number of esters is 1. The van der Waals surface area contributed by atoms with Crippen LogP contribution in [0.25, 0.3) is 0 Å². The van der Waals surface area contributed by atoms with Crippen LogP contribution in [0.15, 0.2) is 36.7 Å². The number of carbonyl (C=O) groups is 2. The van der Waals surface area contributed by atoms with Gasteiger partial charge in [0.25, 0.3) is 0 Å². The minimum atomic E-state index is -0.439. The number of ether oxygens (including phenoxy) is 2. The first-order valence-electron chi connectivity index (χ1n) is 9.65. The number of nitrogens with zero attached hydrogens (tertiary/aromatic N) is 4. The smallest absolute Gasteiger partial charge is 0.416 e. The van der Waals surface area contributed by atoms with Gasteiger partial charge in [0.1, 0.15) is 11.4 Å². The van der Waals surface area contributed by atoms with Gasteiger partial charge in [0.15, 0.2) is 5.82 Å². The van der Waals surface area contributed by atoms with Gasteiger partial charge in [0, 0.05) is 18.9 Å². The van der Waals surface area contributed by atoms with Crippen molar-refractivity contribution in [1.82, 2.24) is 15.2 Å². The van der Waals surface area contributed by atoms with Crippen molar-refractivity contribution in [2.24, 2.45) is 5.92 Å². The highest BCUT2D eigenvalue weighted by molar-refractivity contribution is 5.89. The predicted octanol–water partition coefficient (Wildman–Crippen LogP) is 2.66. The Bertz CT molecular complexity index is 866. The zero-order valence-corrected chi connectivity index (χ0v) is 16.2. The molecule has 1 amide bonds. The van der Waals surface area contributed by atoms with E-state index in [1.807, 2.05) is 0 Å². The maximum atomic E-state index is 12.3. The molecule has 1 aliphatic carbocycles. The second-order valence-corrected chi connectivity index (χ2v) is 7.47. The lowest BCUT2D eigenvalue weighted by molar-refractivity contribution is 0.0148. The zero-order chi connectivity index (χ0) is 20.3. The molecule has 0 atom stereocenters. The predicted molar refractivity (Wildman–Crippen MR) is 105 cm³/mol. The molecule has 3 heterocycles. The Hall–Kier alpha value is -3.23. The Morgan fingerprint density at radius 1 is 1.34 bits per heavy atom. The van der Waals surface area contributed by atoms with E-state index in [1.165, 1.54) is 13.3 Å². The first-order valence-corrected chi connectivity index (χ1v) is 9.65. The van der Waals surface area contributed by atoms with Gasteiger partial charge in [-0.3, -0.25) is 4.90 Å². The molecule has 1 spiro atoms. The van der Waals surface area contributed by atoms with Gasteiger partial charge >= 0.3 is 12.1 Å². The number of nitrogens with one attached hydrogen (secondary N) is 1. The lowest BCUT2D eigenvalue weighted by atomic mass is 9.78. The van der Waals surface area contributed by atoms with Crippen LogP contribution in [0.3, 0.4) is 0 Å². The van der Waals surface area contributed by atoms with Crippen LogP contribution in [0.1, 0.15) is 36.0 Å². The van der Waals surface area contributed by atoms with E-state index in [1.54, 1.807) is 35.4 Å². The van der Waals surface area contributed by atoms with Gasteiger partial charge < -0.3 is 14.8 Å². The Kier molecular flexibility index (Phi) is 5.28. The lowest BCUT2D eigenvalue weighted by Gasteiger charge is -2.35. The summed E-state index contributed by atoms with van der Waals surface area (Å²) >= 11 is 0. The molecule has 9 heteroatoms. The summed E-state index contributed by atoms with van der Waals surface area (Å²) in [5.41, 5.74) is -0.0146. The van der Waals surface area contributed by atoms with Gasteiger partial charge in [-0.2, -0.15) is 5.10 Å². The molecule has 1 saturated heterocycles. The molecule has 2 fully saturated rings. The average molecular weight is 397 g/mol. The molecule has 2 aromatic rings. The van der Waals surface area contributed by atoms with Crippen LogP contribution in [-0.4, -0.2) is 53.0 Å². The van der Waals surface area contributed by atoms with Gasteiger partial charge in [-0.15, -0.1) is 5.10 Å². The number of methoxy groups -OCH3 is 1. The van der Waals surface area contributed by atoms with Crippen molar-refractivity contribution in [3.8, 4) is 0 Å². The fourth-order valence-corrected chi connectivity index (χ4v) is 3.89. The molecule has 1 N–H and O–H groups in total. The highest BCUT2D eigenvalue weighted by Gasteiger charge is 2.48. The van der Waals surface area contributed by atoms with Crippen LogP contribution < -0.4 is 10.2 Å². The normalized spacial score (nSPS) is 23.7. The lowest BCUT2D eigenvalue weighted by Crippen LogP contribution is -2.39. The quantitative estimate of drug-likeness (QED) is 0.768. The first kappa shape index (κ1) is 19.1. The molecule has 1 saturated carbocycles. The van der Waals surface area contributed by atoms with Gasteiger partial charge in [-0.1, -0.05) is 0 Å².